The molecule has 2 rings (SSSR count). The Balaban J connectivity index is 2.20. The molecule has 0 unspecified atom stereocenters. The standard InChI is InChI=1S/C16H20N2O2S/c1-11(2)18(9-12-5-4-6-13(17)7-12)16(19)15-8-14(20-3)10-21-15/h4-8,10-11H,9,17H2,1-3H3. The molecule has 0 fully saturated rings. The Kier molecular flexibility index (Phi) is 4.85. The van der Waals surface area contributed by atoms with Gasteiger partial charge in [0.05, 0.1) is 12.0 Å². The van der Waals surface area contributed by atoms with Gasteiger partial charge in [-0.15, -0.1) is 11.3 Å². The quantitative estimate of drug-likeness (QED) is 0.861. The highest BCUT2D eigenvalue weighted by Gasteiger charge is 2.21. The van der Waals surface area contributed by atoms with E-state index in [2.05, 4.69) is 0 Å². The van der Waals surface area contributed by atoms with Crippen LogP contribution in [0.4, 0.5) is 5.69 Å². The van der Waals surface area contributed by atoms with Crippen molar-refractivity contribution in [2.24, 2.45) is 0 Å². The molecule has 112 valence electrons. The van der Waals surface area contributed by atoms with Crippen LogP contribution in [-0.4, -0.2) is 24.0 Å². The van der Waals surface area contributed by atoms with Crippen molar-refractivity contribution >= 4 is 22.9 Å². The van der Waals surface area contributed by atoms with Gasteiger partial charge in [0, 0.05) is 29.7 Å². The van der Waals surface area contributed by atoms with Crippen molar-refractivity contribution < 1.29 is 9.53 Å². The first-order valence-electron chi connectivity index (χ1n) is 6.79. The van der Waals surface area contributed by atoms with Crippen LogP contribution >= 0.6 is 11.3 Å². The topological polar surface area (TPSA) is 55.6 Å². The Morgan fingerprint density at radius 2 is 2.14 bits per heavy atom. The predicted octanol–water partition coefficient (Wildman–Crippen LogP) is 3.39. The smallest absolute Gasteiger partial charge is 0.264 e. The fourth-order valence-corrected chi connectivity index (χ4v) is 2.87. The second-order valence-corrected chi connectivity index (χ2v) is 6.03. The second-order valence-electron chi connectivity index (χ2n) is 5.12. The zero-order valence-corrected chi connectivity index (χ0v) is 13.3. The number of hydrogen-bond acceptors (Lipinski definition) is 4. The van der Waals surface area contributed by atoms with Crippen LogP contribution in [0.2, 0.25) is 0 Å². The number of rotatable bonds is 5. The highest BCUT2D eigenvalue weighted by molar-refractivity contribution is 7.12. The maximum absolute atomic E-state index is 12.7. The van der Waals surface area contributed by atoms with E-state index in [0.717, 1.165) is 11.3 Å². The van der Waals surface area contributed by atoms with Crippen molar-refractivity contribution in [3.63, 3.8) is 0 Å². The highest BCUT2D eigenvalue weighted by Crippen LogP contribution is 2.24. The van der Waals surface area contributed by atoms with Gasteiger partial charge in [0.25, 0.3) is 5.91 Å². The van der Waals surface area contributed by atoms with Crippen LogP contribution in [-0.2, 0) is 6.54 Å². The first-order valence-corrected chi connectivity index (χ1v) is 7.67. The van der Waals surface area contributed by atoms with E-state index in [0.29, 0.717) is 17.1 Å². The molecule has 0 spiro atoms. The number of anilines is 1. The second kappa shape index (κ2) is 6.63. The van der Waals surface area contributed by atoms with Crippen molar-refractivity contribution in [2.45, 2.75) is 26.4 Å². The fraction of sp³-hybridized carbons (Fsp3) is 0.312. The molecule has 1 amide bonds. The van der Waals surface area contributed by atoms with Crippen LogP contribution in [0.5, 0.6) is 5.75 Å². The van der Waals surface area contributed by atoms with Gasteiger partial charge in [0.15, 0.2) is 0 Å². The van der Waals surface area contributed by atoms with E-state index >= 15 is 0 Å². The number of benzene rings is 1. The Morgan fingerprint density at radius 1 is 1.38 bits per heavy atom. The van der Waals surface area contributed by atoms with Crippen molar-refractivity contribution in [3.05, 3.63) is 46.2 Å². The molecular weight excluding hydrogens is 284 g/mol. The van der Waals surface area contributed by atoms with Gasteiger partial charge in [-0.2, -0.15) is 0 Å². The monoisotopic (exact) mass is 304 g/mol. The molecule has 0 aliphatic rings. The number of nitrogens with two attached hydrogens (primary N) is 1. The molecule has 21 heavy (non-hydrogen) atoms. The molecule has 1 aromatic carbocycles. The summed E-state index contributed by atoms with van der Waals surface area (Å²) in [4.78, 5) is 15.2. The lowest BCUT2D eigenvalue weighted by molar-refractivity contribution is 0.0695. The first kappa shape index (κ1) is 15.4. The normalized spacial score (nSPS) is 10.7. The van der Waals surface area contributed by atoms with Gasteiger partial charge in [-0.25, -0.2) is 0 Å². The Labute approximate surface area is 129 Å². The van der Waals surface area contributed by atoms with E-state index in [-0.39, 0.29) is 11.9 Å². The maximum atomic E-state index is 12.7. The average molecular weight is 304 g/mol. The molecule has 0 aliphatic carbocycles. The molecule has 1 heterocycles. The summed E-state index contributed by atoms with van der Waals surface area (Å²) < 4.78 is 5.14. The van der Waals surface area contributed by atoms with Gasteiger partial charge in [0.2, 0.25) is 0 Å². The molecular formula is C16H20N2O2S. The summed E-state index contributed by atoms with van der Waals surface area (Å²) in [5.74, 6) is 0.733. The zero-order chi connectivity index (χ0) is 15.4. The Morgan fingerprint density at radius 3 is 2.71 bits per heavy atom. The van der Waals surface area contributed by atoms with Crippen LogP contribution in [0.15, 0.2) is 35.7 Å². The minimum Gasteiger partial charge on any atom is -0.496 e. The third-order valence-corrected chi connectivity index (χ3v) is 4.11. The molecule has 0 aliphatic heterocycles. The number of amides is 1. The number of carbonyl (C=O) groups excluding carboxylic acids is 1. The molecule has 0 atom stereocenters. The lowest BCUT2D eigenvalue weighted by Crippen LogP contribution is -2.36. The Bertz CT molecular complexity index is 622. The van der Waals surface area contributed by atoms with Gasteiger partial charge in [-0.05, 0) is 31.5 Å². The molecule has 0 radical (unpaired) electrons. The van der Waals surface area contributed by atoms with E-state index < -0.39 is 0 Å². The molecule has 5 heteroatoms. The number of hydrogen-bond donors (Lipinski definition) is 1. The first-order chi connectivity index (χ1) is 10.0. The summed E-state index contributed by atoms with van der Waals surface area (Å²) in [6.07, 6.45) is 0. The summed E-state index contributed by atoms with van der Waals surface area (Å²) >= 11 is 1.40. The molecule has 0 saturated heterocycles. The van der Waals surface area contributed by atoms with Crippen molar-refractivity contribution in [1.82, 2.24) is 4.90 Å². The number of methoxy groups -OCH3 is 1. The molecule has 1 aromatic heterocycles. The average Bonchev–Trinajstić information content (AvgIpc) is 2.93. The number of carbonyl (C=O) groups is 1. The summed E-state index contributed by atoms with van der Waals surface area (Å²) in [7, 11) is 1.60. The highest BCUT2D eigenvalue weighted by atomic mass is 32.1. The number of nitrogens with zero attached hydrogens (tertiary/aromatic N) is 1. The lowest BCUT2D eigenvalue weighted by atomic mass is 10.1. The predicted molar refractivity (Wildman–Crippen MR) is 86.7 cm³/mol. The van der Waals surface area contributed by atoms with Crippen LogP contribution < -0.4 is 10.5 Å². The van der Waals surface area contributed by atoms with E-state index in [1.807, 2.05) is 48.4 Å². The summed E-state index contributed by atoms with van der Waals surface area (Å²) in [5.41, 5.74) is 7.54. The van der Waals surface area contributed by atoms with Crippen LogP contribution in [0.3, 0.4) is 0 Å². The molecule has 4 nitrogen and oxygen atoms in total. The van der Waals surface area contributed by atoms with E-state index in [4.69, 9.17) is 10.5 Å². The summed E-state index contributed by atoms with van der Waals surface area (Å²) in [6, 6.07) is 9.51. The summed E-state index contributed by atoms with van der Waals surface area (Å²) in [5, 5.41) is 1.84. The van der Waals surface area contributed by atoms with Gasteiger partial charge < -0.3 is 15.4 Å². The molecule has 2 aromatic rings. The van der Waals surface area contributed by atoms with Gasteiger partial charge in [-0.1, -0.05) is 12.1 Å². The largest absolute Gasteiger partial charge is 0.496 e. The minimum atomic E-state index is 0.0146. The molecule has 0 bridgehead atoms. The van der Waals surface area contributed by atoms with Crippen LogP contribution in [0.25, 0.3) is 0 Å². The van der Waals surface area contributed by atoms with E-state index in [1.165, 1.54) is 11.3 Å². The SMILES string of the molecule is COc1csc(C(=O)N(Cc2cccc(N)c2)C(C)C)c1. The van der Waals surface area contributed by atoms with Gasteiger partial charge >= 0.3 is 0 Å². The third kappa shape index (κ3) is 3.76. The number of thiophene rings is 1. The van der Waals surface area contributed by atoms with Crippen molar-refractivity contribution in [1.29, 1.82) is 0 Å². The third-order valence-electron chi connectivity index (χ3n) is 3.21. The Hall–Kier alpha value is -2.01. The minimum absolute atomic E-state index is 0.0146. The van der Waals surface area contributed by atoms with Crippen LogP contribution in [0, 0.1) is 0 Å². The zero-order valence-electron chi connectivity index (χ0n) is 12.5. The van der Waals surface area contributed by atoms with E-state index in [1.54, 1.807) is 13.2 Å². The fourth-order valence-electron chi connectivity index (χ4n) is 2.06. The van der Waals surface area contributed by atoms with Crippen molar-refractivity contribution in [2.75, 3.05) is 12.8 Å². The van der Waals surface area contributed by atoms with Gasteiger partial charge in [0.1, 0.15) is 5.75 Å². The lowest BCUT2D eigenvalue weighted by Gasteiger charge is -2.26. The summed E-state index contributed by atoms with van der Waals surface area (Å²) in [6.45, 7) is 4.56. The maximum Gasteiger partial charge on any atom is 0.264 e. The molecule has 0 saturated carbocycles. The number of nitrogen functional groups attached to an aromatic ring is 1. The molecule has 2 N–H and O–H groups in total. The van der Waals surface area contributed by atoms with E-state index in [9.17, 15) is 4.79 Å². The van der Waals surface area contributed by atoms with Crippen LogP contribution in [0.1, 0.15) is 29.1 Å². The van der Waals surface area contributed by atoms with Gasteiger partial charge in [-0.3, -0.25) is 4.79 Å². The number of ether oxygens (including phenoxy) is 1. The van der Waals surface area contributed by atoms with Crippen molar-refractivity contribution in [3.8, 4) is 5.75 Å².